The van der Waals surface area contributed by atoms with Gasteiger partial charge in [-0.15, -0.1) is 0 Å². The zero-order chi connectivity index (χ0) is 14.4. The van der Waals surface area contributed by atoms with E-state index in [1.165, 1.54) is 0 Å². The monoisotopic (exact) mass is 273 g/mol. The van der Waals surface area contributed by atoms with E-state index in [9.17, 15) is 4.79 Å². The Morgan fingerprint density at radius 2 is 2.40 bits per heavy atom. The van der Waals surface area contributed by atoms with Crippen LogP contribution in [0.1, 0.15) is 34.3 Å². The number of rotatable bonds is 2. The Bertz CT molecular complexity index is 536. The van der Waals surface area contributed by atoms with Gasteiger partial charge in [0.2, 0.25) is 0 Å². The average molecular weight is 273 g/mol. The second-order valence-electron chi connectivity index (χ2n) is 4.88. The van der Waals surface area contributed by atoms with Gasteiger partial charge >= 0.3 is 0 Å². The molecule has 1 aliphatic rings. The van der Waals surface area contributed by atoms with Crippen LogP contribution in [0.4, 0.5) is 0 Å². The second kappa shape index (κ2) is 7.09. The number of hydrogen-bond donors (Lipinski definition) is 2. The number of benzene rings is 1. The highest BCUT2D eigenvalue weighted by Crippen LogP contribution is 2.12. The first-order chi connectivity index (χ1) is 9.70. The molecule has 2 N–H and O–H groups in total. The van der Waals surface area contributed by atoms with Crippen LogP contribution in [-0.4, -0.2) is 36.9 Å². The first kappa shape index (κ1) is 14.6. The molecule has 2 rings (SSSR count). The van der Waals surface area contributed by atoms with Crippen molar-refractivity contribution in [3.05, 3.63) is 34.9 Å². The van der Waals surface area contributed by atoms with Crippen LogP contribution in [-0.2, 0) is 4.74 Å². The van der Waals surface area contributed by atoms with Gasteiger partial charge < -0.3 is 15.2 Å². The first-order valence-electron chi connectivity index (χ1n) is 6.79. The maximum absolute atomic E-state index is 12.3. The summed E-state index contributed by atoms with van der Waals surface area (Å²) in [7, 11) is 0. The van der Waals surface area contributed by atoms with Crippen LogP contribution in [0, 0.1) is 18.8 Å². The van der Waals surface area contributed by atoms with E-state index in [1.807, 2.05) is 19.1 Å². The molecule has 1 amide bonds. The van der Waals surface area contributed by atoms with Crippen molar-refractivity contribution in [2.45, 2.75) is 25.8 Å². The average Bonchev–Trinajstić information content (AvgIpc) is 2.47. The standard InChI is InChI=1S/C16H19NO3/c1-12-6-7-13(4-2-8-18)10-15(12)16(19)17-14-5-3-9-20-11-14/h6-7,10,14,18H,3,5,8-9,11H2,1H3,(H,17,19). The number of amides is 1. The van der Waals surface area contributed by atoms with E-state index in [0.29, 0.717) is 12.2 Å². The number of aryl methyl sites for hydroxylation is 1. The third-order valence-corrected chi connectivity index (χ3v) is 3.29. The van der Waals surface area contributed by atoms with E-state index < -0.39 is 0 Å². The molecule has 0 saturated carbocycles. The molecule has 0 radical (unpaired) electrons. The lowest BCUT2D eigenvalue weighted by Crippen LogP contribution is -2.40. The largest absolute Gasteiger partial charge is 0.384 e. The van der Waals surface area contributed by atoms with Crippen molar-refractivity contribution in [3.8, 4) is 11.8 Å². The van der Waals surface area contributed by atoms with Crippen molar-refractivity contribution in [3.63, 3.8) is 0 Å². The summed E-state index contributed by atoms with van der Waals surface area (Å²) in [6.07, 6.45) is 1.93. The number of hydrogen-bond acceptors (Lipinski definition) is 3. The molecular formula is C16H19NO3. The van der Waals surface area contributed by atoms with Crippen LogP contribution in [0.15, 0.2) is 18.2 Å². The summed E-state index contributed by atoms with van der Waals surface area (Å²) in [5.74, 6) is 5.31. The van der Waals surface area contributed by atoms with Crippen LogP contribution in [0.2, 0.25) is 0 Å². The van der Waals surface area contributed by atoms with Crippen molar-refractivity contribution in [2.75, 3.05) is 19.8 Å². The second-order valence-corrected chi connectivity index (χ2v) is 4.88. The van der Waals surface area contributed by atoms with Crippen molar-refractivity contribution < 1.29 is 14.6 Å². The summed E-state index contributed by atoms with van der Waals surface area (Å²) in [5, 5.41) is 11.7. The number of aliphatic hydroxyl groups is 1. The predicted molar refractivity (Wildman–Crippen MR) is 76.5 cm³/mol. The molecular weight excluding hydrogens is 254 g/mol. The van der Waals surface area contributed by atoms with E-state index in [4.69, 9.17) is 9.84 Å². The maximum atomic E-state index is 12.3. The fraction of sp³-hybridized carbons (Fsp3) is 0.438. The maximum Gasteiger partial charge on any atom is 0.251 e. The Morgan fingerprint density at radius 3 is 3.10 bits per heavy atom. The molecule has 4 heteroatoms. The Labute approximate surface area is 119 Å². The minimum absolute atomic E-state index is 0.0860. The van der Waals surface area contributed by atoms with Crippen LogP contribution < -0.4 is 5.32 Å². The summed E-state index contributed by atoms with van der Waals surface area (Å²) < 4.78 is 5.36. The molecule has 20 heavy (non-hydrogen) atoms. The lowest BCUT2D eigenvalue weighted by Gasteiger charge is -2.23. The number of carbonyl (C=O) groups is 1. The van der Waals surface area contributed by atoms with E-state index in [1.54, 1.807) is 6.07 Å². The zero-order valence-electron chi connectivity index (χ0n) is 11.6. The van der Waals surface area contributed by atoms with E-state index in [-0.39, 0.29) is 18.6 Å². The molecule has 1 atom stereocenters. The number of ether oxygens (including phenoxy) is 1. The van der Waals surface area contributed by atoms with Gasteiger partial charge in [-0.3, -0.25) is 4.79 Å². The molecule has 4 nitrogen and oxygen atoms in total. The smallest absolute Gasteiger partial charge is 0.251 e. The van der Waals surface area contributed by atoms with E-state index >= 15 is 0 Å². The van der Waals surface area contributed by atoms with Gasteiger partial charge in [-0.2, -0.15) is 0 Å². The van der Waals surface area contributed by atoms with Gasteiger partial charge in [0.05, 0.1) is 12.6 Å². The molecule has 1 fully saturated rings. The van der Waals surface area contributed by atoms with Gasteiger partial charge in [-0.25, -0.2) is 0 Å². The van der Waals surface area contributed by atoms with Crippen molar-refractivity contribution in [1.29, 1.82) is 0 Å². The molecule has 0 spiro atoms. The topological polar surface area (TPSA) is 58.6 Å². The quantitative estimate of drug-likeness (QED) is 0.797. The number of nitrogens with one attached hydrogen (secondary N) is 1. The molecule has 1 saturated heterocycles. The molecule has 1 aliphatic heterocycles. The lowest BCUT2D eigenvalue weighted by molar-refractivity contribution is 0.0624. The normalized spacial score (nSPS) is 18.0. The van der Waals surface area contributed by atoms with Gasteiger partial charge in [0.1, 0.15) is 6.61 Å². The summed E-state index contributed by atoms with van der Waals surface area (Å²) in [6, 6.07) is 5.56. The van der Waals surface area contributed by atoms with E-state index in [2.05, 4.69) is 17.2 Å². The number of aliphatic hydroxyl groups excluding tert-OH is 1. The SMILES string of the molecule is Cc1ccc(C#CCO)cc1C(=O)NC1CCCOC1. The third-order valence-electron chi connectivity index (χ3n) is 3.29. The molecule has 1 aromatic rings. The molecule has 106 valence electrons. The van der Waals surface area contributed by atoms with Crippen LogP contribution >= 0.6 is 0 Å². The minimum atomic E-state index is -0.186. The van der Waals surface area contributed by atoms with Gasteiger partial charge in [0.25, 0.3) is 5.91 Å². The highest BCUT2D eigenvalue weighted by molar-refractivity contribution is 5.96. The summed E-state index contributed by atoms with van der Waals surface area (Å²) in [4.78, 5) is 12.3. The Balaban J connectivity index is 2.11. The van der Waals surface area contributed by atoms with Crippen molar-refractivity contribution >= 4 is 5.91 Å². The van der Waals surface area contributed by atoms with Gasteiger partial charge in [0, 0.05) is 17.7 Å². The molecule has 0 aliphatic carbocycles. The molecule has 1 unspecified atom stereocenters. The summed E-state index contributed by atoms with van der Waals surface area (Å²) in [5.41, 5.74) is 2.27. The molecule has 1 aromatic carbocycles. The zero-order valence-corrected chi connectivity index (χ0v) is 11.6. The van der Waals surface area contributed by atoms with Crippen LogP contribution in [0.5, 0.6) is 0 Å². The lowest BCUT2D eigenvalue weighted by atomic mass is 10.0. The Hall–Kier alpha value is -1.83. The van der Waals surface area contributed by atoms with Crippen LogP contribution in [0.25, 0.3) is 0 Å². The fourth-order valence-electron chi connectivity index (χ4n) is 2.20. The first-order valence-corrected chi connectivity index (χ1v) is 6.79. The minimum Gasteiger partial charge on any atom is -0.384 e. The van der Waals surface area contributed by atoms with Crippen molar-refractivity contribution in [2.24, 2.45) is 0 Å². The number of carbonyl (C=O) groups excluding carboxylic acids is 1. The van der Waals surface area contributed by atoms with Gasteiger partial charge in [-0.1, -0.05) is 17.9 Å². The summed E-state index contributed by atoms with van der Waals surface area (Å²) in [6.45, 7) is 3.07. The summed E-state index contributed by atoms with van der Waals surface area (Å²) >= 11 is 0. The highest BCUT2D eigenvalue weighted by Gasteiger charge is 2.18. The molecule has 0 bridgehead atoms. The van der Waals surface area contributed by atoms with Gasteiger partial charge in [0.15, 0.2) is 0 Å². The highest BCUT2D eigenvalue weighted by atomic mass is 16.5. The van der Waals surface area contributed by atoms with Crippen LogP contribution in [0.3, 0.4) is 0 Å². The van der Waals surface area contributed by atoms with Crippen molar-refractivity contribution in [1.82, 2.24) is 5.32 Å². The van der Waals surface area contributed by atoms with E-state index in [0.717, 1.165) is 30.6 Å². The predicted octanol–water partition coefficient (Wildman–Crippen LogP) is 1.25. The third kappa shape index (κ3) is 3.83. The fourth-order valence-corrected chi connectivity index (χ4v) is 2.20. The Morgan fingerprint density at radius 1 is 1.55 bits per heavy atom. The Kier molecular flexibility index (Phi) is 5.16. The van der Waals surface area contributed by atoms with Gasteiger partial charge in [-0.05, 0) is 37.5 Å². The molecule has 1 heterocycles. The molecule has 0 aromatic heterocycles.